The van der Waals surface area contributed by atoms with E-state index in [4.69, 9.17) is 4.74 Å². The fourth-order valence-electron chi connectivity index (χ4n) is 6.24. The molecular formula is C27H31AsO7. The summed E-state index contributed by atoms with van der Waals surface area (Å²) in [6.07, 6.45) is 1.87. The third-order valence-electron chi connectivity index (χ3n) is 7.93. The van der Waals surface area contributed by atoms with Crippen LogP contribution < -0.4 is 0 Å². The predicted octanol–water partition coefficient (Wildman–Crippen LogP) is 2.25. The van der Waals surface area contributed by atoms with E-state index in [2.05, 4.69) is 0 Å². The molecular weight excluding hydrogens is 511 g/mol. The maximum atomic E-state index is 13.4. The first kappa shape index (κ1) is 24.5. The summed E-state index contributed by atoms with van der Waals surface area (Å²) in [7, 11) is 0. The first-order valence-corrected chi connectivity index (χ1v) is 13.6. The van der Waals surface area contributed by atoms with Crippen LogP contribution in [-0.2, 0) is 11.2 Å². The first-order chi connectivity index (χ1) is 16.7. The monoisotopic (exact) mass is 542 g/mol. The van der Waals surface area contributed by atoms with Crippen LogP contribution in [0.5, 0.6) is 11.5 Å². The summed E-state index contributed by atoms with van der Waals surface area (Å²) in [4.78, 5) is 26.7. The molecule has 4 N–H and O–H groups in total. The number of hydrogen-bond donors (Lipinski definition) is 4. The second kappa shape index (κ2) is 9.36. The number of rotatable bonds is 4. The van der Waals surface area contributed by atoms with Crippen LogP contribution in [-0.4, -0.2) is 73.8 Å². The van der Waals surface area contributed by atoms with Gasteiger partial charge in [0, 0.05) is 0 Å². The van der Waals surface area contributed by atoms with Gasteiger partial charge in [0.25, 0.3) is 0 Å². The quantitative estimate of drug-likeness (QED) is 0.295. The zero-order valence-electron chi connectivity index (χ0n) is 19.6. The van der Waals surface area contributed by atoms with Crippen molar-refractivity contribution in [3.63, 3.8) is 0 Å². The van der Waals surface area contributed by atoms with Gasteiger partial charge in [0.05, 0.1) is 0 Å². The second-order valence-corrected chi connectivity index (χ2v) is 11.9. The Morgan fingerprint density at radius 1 is 1.03 bits per heavy atom. The van der Waals surface area contributed by atoms with Crippen molar-refractivity contribution in [2.45, 2.75) is 68.0 Å². The zero-order chi connectivity index (χ0) is 25.0. The van der Waals surface area contributed by atoms with Crippen LogP contribution in [0.15, 0.2) is 24.3 Å². The van der Waals surface area contributed by atoms with Gasteiger partial charge >= 0.3 is 207 Å². The van der Waals surface area contributed by atoms with Gasteiger partial charge in [-0.15, -0.1) is 0 Å². The molecule has 0 amide bonds. The number of fused-ring (bicyclic) bond motifs is 3. The summed E-state index contributed by atoms with van der Waals surface area (Å²) < 4.78 is 6.21. The number of ether oxygens (including phenoxy) is 1. The number of phenols is 2. The Morgan fingerprint density at radius 3 is 2.26 bits per heavy atom. The van der Waals surface area contributed by atoms with E-state index >= 15 is 0 Å². The number of phenolic OH excluding ortho intramolecular Hbond substituents is 2. The van der Waals surface area contributed by atoms with Gasteiger partial charge in [-0.2, -0.15) is 0 Å². The van der Waals surface area contributed by atoms with Gasteiger partial charge in [-0.3, -0.25) is 0 Å². The Hall–Kier alpha value is -2.18. The molecule has 0 radical (unpaired) electrons. The summed E-state index contributed by atoms with van der Waals surface area (Å²) in [6, 6.07) is 6.46. The van der Waals surface area contributed by atoms with Gasteiger partial charge in [0.2, 0.25) is 0 Å². The van der Waals surface area contributed by atoms with Gasteiger partial charge in [0.15, 0.2) is 0 Å². The standard InChI is InChI=1S/C27H31AsO7/c1-12-23(30)19(28)11-15(35-12)10-14-8-13(6-7-29)9-18-20(14)27(34)22-21(26(18)33)24(31)16-4-2-3-5-17(16)25(22)32/h2-5,12-15,19,23,29-30,33-34H,6-11,28H2,1H3/t12-,13?,14?,15+,19+,23+/m1/s1. The molecule has 0 saturated carbocycles. The Kier molecular flexibility index (Phi) is 6.56. The van der Waals surface area contributed by atoms with Crippen LogP contribution >= 0.6 is 0 Å². The van der Waals surface area contributed by atoms with E-state index in [0.29, 0.717) is 43.2 Å². The van der Waals surface area contributed by atoms with Gasteiger partial charge < -0.3 is 0 Å². The molecule has 1 fully saturated rings. The van der Waals surface area contributed by atoms with E-state index in [1.165, 1.54) is 16.9 Å². The van der Waals surface area contributed by atoms with E-state index < -0.39 is 17.7 Å². The van der Waals surface area contributed by atoms with E-state index in [0.717, 1.165) is 0 Å². The van der Waals surface area contributed by atoms with Crippen molar-refractivity contribution in [2.75, 3.05) is 6.61 Å². The topological polar surface area (TPSA) is 124 Å². The Morgan fingerprint density at radius 2 is 1.66 bits per heavy atom. The molecule has 0 aromatic heterocycles. The maximum absolute atomic E-state index is 13.4. The molecule has 0 bridgehead atoms. The van der Waals surface area contributed by atoms with Crippen molar-refractivity contribution >= 4 is 28.4 Å². The molecule has 1 heterocycles. The van der Waals surface area contributed by atoms with Crippen LogP contribution in [0.3, 0.4) is 0 Å². The molecule has 1 saturated heterocycles. The Bertz CT molecular complexity index is 1180. The molecule has 186 valence electrons. The molecule has 35 heavy (non-hydrogen) atoms. The summed E-state index contributed by atoms with van der Waals surface area (Å²) >= 11 is 1.47. The molecule has 3 unspecified atom stereocenters. The molecule has 7 nitrogen and oxygen atoms in total. The van der Waals surface area contributed by atoms with Crippen LogP contribution in [0.4, 0.5) is 0 Å². The summed E-state index contributed by atoms with van der Waals surface area (Å²) in [6.45, 7) is 1.85. The van der Waals surface area contributed by atoms with Crippen molar-refractivity contribution in [1.29, 1.82) is 0 Å². The van der Waals surface area contributed by atoms with E-state index in [9.17, 15) is 30.0 Å². The van der Waals surface area contributed by atoms with E-state index in [1.807, 2.05) is 6.92 Å². The fraction of sp³-hybridized carbons (Fsp3) is 0.481. The average Bonchev–Trinajstić information content (AvgIpc) is 2.83. The minimum absolute atomic E-state index is 0.00208. The van der Waals surface area contributed by atoms with Crippen molar-refractivity contribution in [1.82, 2.24) is 0 Å². The molecule has 7 atom stereocenters. The number of aliphatic hydroxyl groups excluding tert-OH is 2. The summed E-state index contributed by atoms with van der Waals surface area (Å²) in [5.41, 5.74) is 1.18. The number of carbonyl (C=O) groups excluding carboxylic acids is 2. The van der Waals surface area contributed by atoms with Crippen LogP contribution in [0.2, 0.25) is 4.71 Å². The van der Waals surface area contributed by atoms with Gasteiger partial charge in [-0.25, -0.2) is 0 Å². The van der Waals surface area contributed by atoms with Crippen LogP contribution in [0, 0.1) is 5.92 Å². The molecule has 2 aromatic carbocycles. The normalized spacial score (nSPS) is 29.9. The number of aliphatic hydroxyl groups is 2. The molecule has 8 heteroatoms. The van der Waals surface area contributed by atoms with E-state index in [1.54, 1.807) is 24.3 Å². The Labute approximate surface area is 212 Å². The molecule has 5 rings (SSSR count). The third-order valence-corrected chi connectivity index (χ3v) is 9.32. The van der Waals surface area contributed by atoms with Crippen LogP contribution in [0.25, 0.3) is 0 Å². The molecule has 3 aliphatic rings. The fourth-order valence-corrected chi connectivity index (χ4v) is 7.53. The minimum atomic E-state index is -0.514. The first-order valence-electron chi connectivity index (χ1n) is 12.2. The van der Waals surface area contributed by atoms with Gasteiger partial charge in [0.1, 0.15) is 0 Å². The molecule has 1 aliphatic heterocycles. The number of hydrogen-bond acceptors (Lipinski definition) is 7. The zero-order valence-corrected chi connectivity index (χ0v) is 22.0. The number of aromatic hydroxyl groups is 2. The third kappa shape index (κ3) is 4.03. The van der Waals surface area contributed by atoms with E-state index in [-0.39, 0.29) is 69.1 Å². The number of benzene rings is 2. The SMILES string of the molecule is C[C@H]1O[C@@H](CC2CC(CCO)Cc3c(O)c4c(c(O)c32)C(=O)c2ccccc2C4=O)C[C@H]([AsH2])[C@H]1O. The molecule has 2 aromatic rings. The van der Waals surface area contributed by atoms with Crippen molar-refractivity contribution in [3.8, 4) is 11.5 Å². The van der Waals surface area contributed by atoms with Crippen molar-refractivity contribution in [3.05, 3.63) is 57.6 Å². The second-order valence-electron chi connectivity index (χ2n) is 10.1. The van der Waals surface area contributed by atoms with Crippen LogP contribution in [0.1, 0.15) is 81.5 Å². The van der Waals surface area contributed by atoms with Crippen molar-refractivity contribution in [2.24, 2.45) is 5.92 Å². The Balaban J connectivity index is 1.61. The molecule has 2 aliphatic carbocycles. The average molecular weight is 542 g/mol. The van der Waals surface area contributed by atoms with Gasteiger partial charge in [-0.1, -0.05) is 6.07 Å². The van der Waals surface area contributed by atoms with Gasteiger partial charge in [-0.05, 0) is 0 Å². The summed E-state index contributed by atoms with van der Waals surface area (Å²) in [5, 5.41) is 42.7. The summed E-state index contributed by atoms with van der Waals surface area (Å²) in [5.74, 6) is -1.58. The molecule has 0 spiro atoms. The predicted molar refractivity (Wildman–Crippen MR) is 131 cm³/mol. The number of ketones is 2. The van der Waals surface area contributed by atoms with Crippen molar-refractivity contribution < 1.29 is 34.8 Å². The number of carbonyl (C=O) groups is 2.